The van der Waals surface area contributed by atoms with E-state index in [9.17, 15) is 9.59 Å². The molecule has 0 radical (unpaired) electrons. The summed E-state index contributed by atoms with van der Waals surface area (Å²) in [5.74, 6) is 0. The minimum absolute atomic E-state index is 0.537. The van der Waals surface area contributed by atoms with Gasteiger partial charge in [0, 0.05) is 25.2 Å². The van der Waals surface area contributed by atoms with Crippen LogP contribution in [0.1, 0.15) is 20.7 Å². The molecule has 13 heavy (non-hydrogen) atoms. The SMILES string of the molecule is CN(C)c1c(C=O)cccc1C=O. The Morgan fingerprint density at radius 3 is 1.85 bits per heavy atom. The molecule has 0 atom stereocenters. The van der Waals surface area contributed by atoms with Gasteiger partial charge < -0.3 is 4.90 Å². The number of para-hydroxylation sites is 1. The van der Waals surface area contributed by atoms with Crippen molar-refractivity contribution in [3.05, 3.63) is 29.3 Å². The normalized spacial score (nSPS) is 9.38. The number of anilines is 1. The molecule has 0 saturated heterocycles. The van der Waals surface area contributed by atoms with Crippen molar-refractivity contribution < 1.29 is 9.59 Å². The molecule has 0 saturated carbocycles. The zero-order valence-corrected chi connectivity index (χ0v) is 7.65. The summed E-state index contributed by atoms with van der Waals surface area (Å²) in [4.78, 5) is 23.1. The predicted molar refractivity (Wildman–Crippen MR) is 51.5 cm³/mol. The molecule has 0 fully saturated rings. The monoisotopic (exact) mass is 177 g/mol. The average Bonchev–Trinajstić information content (AvgIpc) is 2.16. The van der Waals surface area contributed by atoms with Crippen LogP contribution in [0.4, 0.5) is 5.69 Å². The first-order valence-corrected chi connectivity index (χ1v) is 3.91. The molecule has 3 nitrogen and oxygen atoms in total. The third-order valence-electron chi connectivity index (χ3n) is 1.80. The third kappa shape index (κ3) is 1.75. The summed E-state index contributed by atoms with van der Waals surface area (Å²) in [6.45, 7) is 0. The largest absolute Gasteiger partial charge is 0.377 e. The van der Waals surface area contributed by atoms with Gasteiger partial charge in [-0.15, -0.1) is 0 Å². The van der Waals surface area contributed by atoms with E-state index in [1.807, 2.05) is 0 Å². The van der Waals surface area contributed by atoms with Gasteiger partial charge in [0.25, 0.3) is 0 Å². The van der Waals surface area contributed by atoms with Gasteiger partial charge in [-0.1, -0.05) is 6.07 Å². The van der Waals surface area contributed by atoms with Gasteiger partial charge in [-0.3, -0.25) is 9.59 Å². The van der Waals surface area contributed by atoms with E-state index in [0.717, 1.165) is 12.6 Å². The molecule has 0 bridgehead atoms. The van der Waals surface area contributed by atoms with Crippen molar-refractivity contribution in [1.82, 2.24) is 0 Å². The van der Waals surface area contributed by atoms with Gasteiger partial charge in [0.1, 0.15) is 0 Å². The summed E-state index contributed by atoms with van der Waals surface area (Å²) in [7, 11) is 3.60. The Kier molecular flexibility index (Phi) is 2.80. The van der Waals surface area contributed by atoms with Gasteiger partial charge in [-0.05, 0) is 12.1 Å². The Morgan fingerprint density at radius 1 is 1.08 bits per heavy atom. The minimum Gasteiger partial charge on any atom is -0.377 e. The number of hydrogen-bond donors (Lipinski definition) is 0. The molecular formula is C10H11NO2. The lowest BCUT2D eigenvalue weighted by Gasteiger charge is -2.16. The molecule has 68 valence electrons. The summed E-state index contributed by atoms with van der Waals surface area (Å²) in [5, 5.41) is 0. The fourth-order valence-electron chi connectivity index (χ4n) is 1.29. The van der Waals surface area contributed by atoms with E-state index in [4.69, 9.17) is 0 Å². The Balaban J connectivity index is 3.37. The molecule has 0 spiro atoms. The number of nitrogens with zero attached hydrogens (tertiary/aromatic N) is 1. The van der Waals surface area contributed by atoms with Crippen molar-refractivity contribution in [2.24, 2.45) is 0 Å². The van der Waals surface area contributed by atoms with E-state index in [2.05, 4.69) is 0 Å². The number of carbonyl (C=O) groups is 2. The van der Waals surface area contributed by atoms with Crippen LogP contribution in [0.2, 0.25) is 0 Å². The highest BCUT2D eigenvalue weighted by atomic mass is 16.1. The number of carbonyl (C=O) groups excluding carboxylic acids is 2. The van der Waals surface area contributed by atoms with Gasteiger partial charge in [0.2, 0.25) is 0 Å². The van der Waals surface area contributed by atoms with Crippen LogP contribution >= 0.6 is 0 Å². The second kappa shape index (κ2) is 3.85. The van der Waals surface area contributed by atoms with Crippen molar-refractivity contribution >= 4 is 18.3 Å². The van der Waals surface area contributed by atoms with Crippen LogP contribution in [0.15, 0.2) is 18.2 Å². The molecule has 0 unspecified atom stereocenters. The molecule has 1 aromatic rings. The molecule has 1 rings (SSSR count). The third-order valence-corrected chi connectivity index (χ3v) is 1.80. The average molecular weight is 177 g/mol. The van der Waals surface area contributed by atoms with Gasteiger partial charge >= 0.3 is 0 Å². The summed E-state index contributed by atoms with van der Waals surface area (Å²) < 4.78 is 0. The Morgan fingerprint density at radius 2 is 1.54 bits per heavy atom. The molecule has 1 aromatic carbocycles. The van der Waals surface area contributed by atoms with E-state index in [1.54, 1.807) is 37.2 Å². The van der Waals surface area contributed by atoms with E-state index >= 15 is 0 Å². The zero-order chi connectivity index (χ0) is 9.84. The second-order valence-electron chi connectivity index (χ2n) is 2.92. The van der Waals surface area contributed by atoms with Crippen LogP contribution in [0.3, 0.4) is 0 Å². The first-order valence-electron chi connectivity index (χ1n) is 3.91. The standard InChI is InChI=1S/C10H11NO2/c1-11(2)10-8(6-12)4-3-5-9(10)7-13/h3-7H,1-2H3. The molecule has 0 aliphatic rings. The first-order chi connectivity index (χ1) is 6.20. The highest BCUT2D eigenvalue weighted by Gasteiger charge is 2.08. The van der Waals surface area contributed by atoms with E-state index < -0.39 is 0 Å². The second-order valence-corrected chi connectivity index (χ2v) is 2.92. The maximum Gasteiger partial charge on any atom is 0.152 e. The Hall–Kier alpha value is -1.64. The Bertz CT molecular complexity index is 305. The van der Waals surface area contributed by atoms with Gasteiger partial charge in [-0.25, -0.2) is 0 Å². The molecule has 0 aliphatic heterocycles. The van der Waals surface area contributed by atoms with Crippen molar-refractivity contribution in [3.63, 3.8) is 0 Å². The number of rotatable bonds is 3. The minimum atomic E-state index is 0.537. The molecule has 3 heteroatoms. The fraction of sp³-hybridized carbons (Fsp3) is 0.200. The topological polar surface area (TPSA) is 37.4 Å². The maximum absolute atomic E-state index is 10.7. The number of hydrogen-bond acceptors (Lipinski definition) is 3. The lowest BCUT2D eigenvalue weighted by Crippen LogP contribution is -2.13. The molecule has 0 aliphatic carbocycles. The van der Waals surface area contributed by atoms with Gasteiger partial charge in [0.15, 0.2) is 12.6 Å². The lowest BCUT2D eigenvalue weighted by molar-refractivity contribution is 0.112. The van der Waals surface area contributed by atoms with Crippen LogP contribution in [0.5, 0.6) is 0 Å². The van der Waals surface area contributed by atoms with Crippen LogP contribution in [0.25, 0.3) is 0 Å². The Labute approximate surface area is 77.0 Å². The quantitative estimate of drug-likeness (QED) is 0.654. The van der Waals surface area contributed by atoms with Gasteiger partial charge in [0.05, 0.1) is 5.69 Å². The van der Waals surface area contributed by atoms with Crippen molar-refractivity contribution in [3.8, 4) is 0 Å². The highest BCUT2D eigenvalue weighted by molar-refractivity contribution is 5.94. The van der Waals surface area contributed by atoms with E-state index in [1.165, 1.54) is 0 Å². The molecule has 0 N–H and O–H groups in total. The van der Waals surface area contributed by atoms with E-state index in [-0.39, 0.29) is 0 Å². The molecule has 0 amide bonds. The summed E-state index contributed by atoms with van der Waals surface area (Å²) >= 11 is 0. The maximum atomic E-state index is 10.7. The molecule has 0 aromatic heterocycles. The van der Waals surface area contributed by atoms with Crippen LogP contribution in [-0.4, -0.2) is 26.7 Å². The highest BCUT2D eigenvalue weighted by Crippen LogP contribution is 2.20. The van der Waals surface area contributed by atoms with Crippen LogP contribution in [0, 0.1) is 0 Å². The van der Waals surface area contributed by atoms with Gasteiger partial charge in [-0.2, -0.15) is 0 Å². The molecule has 0 heterocycles. The summed E-state index contributed by atoms with van der Waals surface area (Å²) in [6, 6.07) is 5.07. The first kappa shape index (κ1) is 9.45. The number of benzene rings is 1. The van der Waals surface area contributed by atoms with Crippen LogP contribution < -0.4 is 4.90 Å². The summed E-state index contributed by atoms with van der Waals surface area (Å²) in [6.07, 6.45) is 1.50. The lowest BCUT2D eigenvalue weighted by atomic mass is 10.1. The summed E-state index contributed by atoms with van der Waals surface area (Å²) in [5.41, 5.74) is 1.75. The van der Waals surface area contributed by atoms with Crippen molar-refractivity contribution in [2.75, 3.05) is 19.0 Å². The van der Waals surface area contributed by atoms with Crippen molar-refractivity contribution in [1.29, 1.82) is 0 Å². The predicted octanol–water partition coefficient (Wildman–Crippen LogP) is 1.38. The zero-order valence-electron chi connectivity index (χ0n) is 7.65. The molecular weight excluding hydrogens is 166 g/mol. The smallest absolute Gasteiger partial charge is 0.152 e. The van der Waals surface area contributed by atoms with Crippen molar-refractivity contribution in [2.45, 2.75) is 0 Å². The van der Waals surface area contributed by atoms with E-state index in [0.29, 0.717) is 16.8 Å². The fourth-order valence-corrected chi connectivity index (χ4v) is 1.29. The van der Waals surface area contributed by atoms with Crippen LogP contribution in [-0.2, 0) is 0 Å². The number of aldehydes is 2.